The van der Waals surface area contributed by atoms with Crippen LogP contribution in [0.4, 0.5) is 0 Å². The maximum atomic E-state index is 9.08. The highest BCUT2D eigenvalue weighted by molar-refractivity contribution is 6.73. The molecule has 0 aliphatic heterocycles. The van der Waals surface area contributed by atoms with E-state index in [1.165, 1.54) is 63.1 Å². The third-order valence-electron chi connectivity index (χ3n) is 8.22. The van der Waals surface area contributed by atoms with Gasteiger partial charge in [-0.2, -0.15) is 0 Å². The normalized spacial score (nSPS) is 34.1. The largest absolute Gasteiger partial charge is 0.414 e. The molecular weight excluding hydrogens is 324 g/mol. The van der Waals surface area contributed by atoms with E-state index in [9.17, 15) is 0 Å². The molecule has 2 rings (SSSR count). The molecule has 0 bridgehead atoms. The summed E-state index contributed by atoms with van der Waals surface area (Å²) >= 11 is 0. The van der Waals surface area contributed by atoms with Crippen molar-refractivity contribution < 1.29 is 9.53 Å². The summed E-state index contributed by atoms with van der Waals surface area (Å²) in [6.07, 6.45) is 10.9. The van der Waals surface area contributed by atoms with Crippen molar-refractivity contribution in [2.75, 3.05) is 6.61 Å². The van der Waals surface area contributed by atoms with Gasteiger partial charge in [-0.3, -0.25) is 0 Å². The van der Waals surface area contributed by atoms with Crippen LogP contribution in [0, 0.1) is 23.2 Å². The lowest BCUT2D eigenvalue weighted by Gasteiger charge is -2.49. The van der Waals surface area contributed by atoms with Crippen LogP contribution in [-0.2, 0) is 4.43 Å². The second kappa shape index (κ2) is 9.37. The molecule has 0 amide bonds. The minimum atomic E-state index is -1.50. The molecule has 25 heavy (non-hydrogen) atoms. The van der Waals surface area contributed by atoms with Gasteiger partial charge in [0, 0.05) is 12.7 Å². The minimum Gasteiger partial charge on any atom is -0.414 e. The van der Waals surface area contributed by atoms with E-state index in [0.29, 0.717) is 18.1 Å². The quantitative estimate of drug-likeness (QED) is 0.357. The van der Waals surface area contributed by atoms with Gasteiger partial charge in [0.05, 0.1) is 0 Å². The summed E-state index contributed by atoms with van der Waals surface area (Å²) in [6, 6.07) is 3.84. The van der Waals surface area contributed by atoms with Crippen molar-refractivity contribution in [3.63, 3.8) is 0 Å². The molecule has 0 saturated heterocycles. The fourth-order valence-corrected chi connectivity index (χ4v) is 9.26. The van der Waals surface area contributed by atoms with Gasteiger partial charge in [-0.1, -0.05) is 53.9 Å². The van der Waals surface area contributed by atoms with Crippen LogP contribution in [0.5, 0.6) is 0 Å². The number of hydrogen-bond acceptors (Lipinski definition) is 2. The van der Waals surface area contributed by atoms with Gasteiger partial charge < -0.3 is 9.53 Å². The first kappa shape index (κ1) is 21.4. The highest BCUT2D eigenvalue weighted by Crippen LogP contribution is 2.59. The number of rotatable bonds is 10. The van der Waals surface area contributed by atoms with Crippen LogP contribution >= 0.6 is 0 Å². The Hall–Kier alpha value is 0.137. The standard InChI is InChI=1S/C22H44O2Si/c1-6-25(7-2,8-3)24-21-13-11-16-22(5)19(14-15-20(21)22)18(4)12-9-10-17-23/h18-21,23H,6-17H2,1-5H3/t18?,19-,20+,21+,22-/m1/s1. The van der Waals surface area contributed by atoms with Crippen LogP contribution in [0.1, 0.15) is 86.0 Å². The Morgan fingerprint density at radius 2 is 1.76 bits per heavy atom. The molecule has 5 atom stereocenters. The molecule has 2 aliphatic carbocycles. The van der Waals surface area contributed by atoms with E-state index in [1.807, 2.05) is 0 Å². The Labute approximate surface area is 158 Å². The summed E-state index contributed by atoms with van der Waals surface area (Å²) in [5.41, 5.74) is 0.497. The molecular formula is C22H44O2Si. The molecule has 3 heteroatoms. The zero-order valence-corrected chi connectivity index (χ0v) is 18.7. The second-order valence-corrected chi connectivity index (χ2v) is 14.0. The SMILES string of the molecule is CC[Si](CC)(CC)O[C@H]1CCC[C@]2(C)[C@@H](C(C)CCCCO)CC[C@@H]12. The molecule has 0 radical (unpaired) electrons. The maximum absolute atomic E-state index is 9.08. The van der Waals surface area contributed by atoms with Crippen molar-refractivity contribution in [3.05, 3.63) is 0 Å². The molecule has 1 N–H and O–H groups in total. The Morgan fingerprint density at radius 1 is 1.08 bits per heavy atom. The Balaban J connectivity index is 2.07. The molecule has 0 aromatic rings. The van der Waals surface area contributed by atoms with Gasteiger partial charge >= 0.3 is 0 Å². The van der Waals surface area contributed by atoms with Gasteiger partial charge in [-0.15, -0.1) is 0 Å². The predicted octanol–water partition coefficient (Wildman–Crippen LogP) is 6.39. The van der Waals surface area contributed by atoms with Crippen LogP contribution in [0.3, 0.4) is 0 Å². The lowest BCUT2D eigenvalue weighted by molar-refractivity contribution is -0.0204. The van der Waals surface area contributed by atoms with Crippen molar-refractivity contribution in [1.29, 1.82) is 0 Å². The van der Waals surface area contributed by atoms with Gasteiger partial charge in [0.15, 0.2) is 8.32 Å². The average molecular weight is 369 g/mol. The Bertz CT molecular complexity index is 387. The van der Waals surface area contributed by atoms with Crippen molar-refractivity contribution in [2.45, 2.75) is 110 Å². The molecule has 0 aromatic heterocycles. The number of hydrogen-bond donors (Lipinski definition) is 1. The van der Waals surface area contributed by atoms with Crippen molar-refractivity contribution in [2.24, 2.45) is 23.2 Å². The van der Waals surface area contributed by atoms with Crippen LogP contribution in [-0.4, -0.2) is 26.1 Å². The topological polar surface area (TPSA) is 29.5 Å². The maximum Gasteiger partial charge on any atom is 0.192 e. The van der Waals surface area contributed by atoms with Crippen LogP contribution in [0.15, 0.2) is 0 Å². The van der Waals surface area contributed by atoms with E-state index in [1.54, 1.807) is 0 Å². The molecule has 0 aromatic carbocycles. The van der Waals surface area contributed by atoms with Gasteiger partial charge in [0.25, 0.3) is 0 Å². The average Bonchev–Trinajstić information content (AvgIpc) is 2.98. The molecule has 1 unspecified atom stereocenters. The summed E-state index contributed by atoms with van der Waals surface area (Å²) in [5.74, 6) is 2.46. The molecule has 2 saturated carbocycles. The first-order valence-corrected chi connectivity index (χ1v) is 13.8. The summed E-state index contributed by atoms with van der Waals surface area (Å²) in [5, 5.41) is 9.08. The van der Waals surface area contributed by atoms with E-state index >= 15 is 0 Å². The number of aliphatic hydroxyl groups excluding tert-OH is 1. The fourth-order valence-electron chi connectivity index (χ4n) is 6.34. The number of aliphatic hydroxyl groups is 1. The summed E-state index contributed by atoms with van der Waals surface area (Å²) < 4.78 is 7.04. The van der Waals surface area contributed by atoms with Gasteiger partial charge in [-0.05, 0) is 73.4 Å². The third kappa shape index (κ3) is 4.52. The van der Waals surface area contributed by atoms with Gasteiger partial charge in [0.2, 0.25) is 0 Å². The summed E-state index contributed by atoms with van der Waals surface area (Å²) in [4.78, 5) is 0. The minimum absolute atomic E-state index is 0.352. The van der Waals surface area contributed by atoms with E-state index in [4.69, 9.17) is 9.53 Å². The molecule has 2 fully saturated rings. The number of fused-ring (bicyclic) bond motifs is 1. The predicted molar refractivity (Wildman–Crippen MR) is 110 cm³/mol. The van der Waals surface area contributed by atoms with E-state index in [0.717, 1.165) is 24.2 Å². The van der Waals surface area contributed by atoms with Crippen LogP contribution in [0.25, 0.3) is 0 Å². The van der Waals surface area contributed by atoms with Crippen LogP contribution in [0.2, 0.25) is 18.1 Å². The Morgan fingerprint density at radius 3 is 2.36 bits per heavy atom. The van der Waals surface area contributed by atoms with Crippen molar-refractivity contribution >= 4 is 8.32 Å². The smallest absolute Gasteiger partial charge is 0.192 e. The van der Waals surface area contributed by atoms with E-state index < -0.39 is 8.32 Å². The van der Waals surface area contributed by atoms with Gasteiger partial charge in [0.1, 0.15) is 0 Å². The summed E-state index contributed by atoms with van der Waals surface area (Å²) in [7, 11) is -1.50. The highest BCUT2D eigenvalue weighted by Gasteiger charge is 2.53. The van der Waals surface area contributed by atoms with E-state index in [2.05, 4.69) is 34.6 Å². The zero-order chi connectivity index (χ0) is 18.5. The lowest BCUT2D eigenvalue weighted by Crippen LogP contribution is -2.48. The summed E-state index contributed by atoms with van der Waals surface area (Å²) in [6.45, 7) is 12.5. The molecule has 0 spiro atoms. The first-order chi connectivity index (χ1) is 12.0. The number of unbranched alkanes of at least 4 members (excludes halogenated alkanes) is 1. The Kier molecular flexibility index (Phi) is 8.03. The molecule has 148 valence electrons. The molecule has 2 nitrogen and oxygen atoms in total. The zero-order valence-electron chi connectivity index (χ0n) is 17.7. The lowest BCUT2D eigenvalue weighted by atomic mass is 9.61. The van der Waals surface area contributed by atoms with Crippen LogP contribution < -0.4 is 0 Å². The monoisotopic (exact) mass is 368 g/mol. The van der Waals surface area contributed by atoms with Crippen molar-refractivity contribution in [1.82, 2.24) is 0 Å². The highest BCUT2D eigenvalue weighted by atomic mass is 28.4. The molecule has 0 heterocycles. The fraction of sp³-hybridized carbons (Fsp3) is 1.00. The van der Waals surface area contributed by atoms with E-state index in [-0.39, 0.29) is 0 Å². The first-order valence-electron chi connectivity index (χ1n) is 11.2. The molecule has 2 aliphatic rings. The van der Waals surface area contributed by atoms with Crippen molar-refractivity contribution in [3.8, 4) is 0 Å². The third-order valence-corrected chi connectivity index (χ3v) is 12.9. The van der Waals surface area contributed by atoms with Gasteiger partial charge in [-0.25, -0.2) is 0 Å². The second-order valence-electron chi connectivity index (χ2n) is 9.29.